The normalized spacial score (nSPS) is 10.6. The van der Waals surface area contributed by atoms with Crippen molar-refractivity contribution >= 4 is 33.4 Å². The number of nitrogens with two attached hydrogens (primary N) is 1. The van der Waals surface area contributed by atoms with Crippen LogP contribution in [-0.2, 0) is 17.8 Å². The Labute approximate surface area is 118 Å². The van der Waals surface area contributed by atoms with Gasteiger partial charge in [-0.3, -0.25) is 4.79 Å². The second-order valence-corrected chi connectivity index (χ2v) is 5.24. The maximum Gasteiger partial charge on any atom is 0.237 e. The van der Waals surface area contributed by atoms with Crippen molar-refractivity contribution < 1.29 is 4.79 Å². The first-order valence-corrected chi connectivity index (χ1v) is 6.45. The van der Waals surface area contributed by atoms with Crippen molar-refractivity contribution in [2.45, 2.75) is 13.0 Å². The Kier molecular flexibility index (Phi) is 4.04. The summed E-state index contributed by atoms with van der Waals surface area (Å²) in [7, 11) is 0. The third-order valence-electron chi connectivity index (χ3n) is 2.41. The van der Waals surface area contributed by atoms with Crippen molar-refractivity contribution in [1.82, 2.24) is 9.55 Å². The van der Waals surface area contributed by atoms with Crippen LogP contribution >= 0.6 is 27.5 Å². The largest absolute Gasteiger partial charge is 0.368 e. The SMILES string of the molecule is NC(=O)Cn1ccnc1Cc1cc(Cl)cc(Br)c1. The molecule has 0 spiro atoms. The van der Waals surface area contributed by atoms with Gasteiger partial charge in [-0.05, 0) is 23.8 Å². The first kappa shape index (κ1) is 13.1. The number of benzene rings is 1. The molecule has 18 heavy (non-hydrogen) atoms. The monoisotopic (exact) mass is 327 g/mol. The van der Waals surface area contributed by atoms with Crippen molar-refractivity contribution in [2.24, 2.45) is 5.73 Å². The highest BCUT2D eigenvalue weighted by molar-refractivity contribution is 9.10. The van der Waals surface area contributed by atoms with Crippen LogP contribution in [0.25, 0.3) is 0 Å². The van der Waals surface area contributed by atoms with Crippen LogP contribution in [0.15, 0.2) is 35.1 Å². The molecule has 2 N–H and O–H groups in total. The fraction of sp³-hybridized carbons (Fsp3) is 0.167. The molecule has 1 aromatic heterocycles. The third kappa shape index (κ3) is 3.34. The minimum absolute atomic E-state index is 0.136. The van der Waals surface area contributed by atoms with E-state index in [2.05, 4.69) is 20.9 Å². The quantitative estimate of drug-likeness (QED) is 0.936. The molecule has 0 bridgehead atoms. The first-order chi connectivity index (χ1) is 8.54. The van der Waals surface area contributed by atoms with E-state index in [0.717, 1.165) is 15.9 Å². The molecule has 2 aromatic rings. The number of amides is 1. The Hall–Kier alpha value is -1.33. The maximum absolute atomic E-state index is 10.9. The molecule has 2 rings (SSSR count). The molecule has 0 aliphatic carbocycles. The molecule has 0 saturated carbocycles. The molecule has 0 atom stereocenters. The molecule has 94 valence electrons. The predicted octanol–water partition coefficient (Wildman–Crippen LogP) is 2.38. The topological polar surface area (TPSA) is 60.9 Å². The summed E-state index contributed by atoms with van der Waals surface area (Å²) >= 11 is 9.37. The van der Waals surface area contributed by atoms with Gasteiger partial charge in [0, 0.05) is 28.3 Å². The summed E-state index contributed by atoms with van der Waals surface area (Å²) in [4.78, 5) is 15.1. The molecule has 0 unspecified atom stereocenters. The highest BCUT2D eigenvalue weighted by atomic mass is 79.9. The lowest BCUT2D eigenvalue weighted by Gasteiger charge is -2.06. The van der Waals surface area contributed by atoms with E-state index in [1.807, 2.05) is 18.2 Å². The Bertz CT molecular complexity index is 562. The number of rotatable bonds is 4. The lowest BCUT2D eigenvalue weighted by molar-refractivity contribution is -0.118. The van der Waals surface area contributed by atoms with Crippen LogP contribution in [0.1, 0.15) is 11.4 Å². The van der Waals surface area contributed by atoms with Gasteiger partial charge in [-0.15, -0.1) is 0 Å². The molecular weight excluding hydrogens is 318 g/mol. The van der Waals surface area contributed by atoms with Crippen molar-refractivity contribution in [1.29, 1.82) is 0 Å². The number of aromatic nitrogens is 2. The second kappa shape index (κ2) is 5.54. The van der Waals surface area contributed by atoms with Gasteiger partial charge in [0.2, 0.25) is 5.91 Å². The number of carbonyl (C=O) groups excluding carboxylic acids is 1. The molecule has 1 amide bonds. The minimum atomic E-state index is -0.387. The Morgan fingerprint density at radius 1 is 1.44 bits per heavy atom. The second-order valence-electron chi connectivity index (χ2n) is 3.89. The van der Waals surface area contributed by atoms with E-state index in [4.69, 9.17) is 17.3 Å². The Morgan fingerprint density at radius 3 is 2.89 bits per heavy atom. The van der Waals surface area contributed by atoms with Gasteiger partial charge >= 0.3 is 0 Å². The Balaban J connectivity index is 2.23. The van der Waals surface area contributed by atoms with Gasteiger partial charge in [0.25, 0.3) is 0 Å². The van der Waals surface area contributed by atoms with Gasteiger partial charge < -0.3 is 10.3 Å². The van der Waals surface area contributed by atoms with Crippen molar-refractivity contribution in [3.05, 3.63) is 51.5 Å². The molecule has 0 aliphatic heterocycles. The predicted molar refractivity (Wildman–Crippen MR) is 73.4 cm³/mol. The fourth-order valence-corrected chi connectivity index (χ4v) is 2.64. The summed E-state index contributed by atoms with van der Waals surface area (Å²) in [6, 6.07) is 5.66. The molecule has 0 fully saturated rings. The van der Waals surface area contributed by atoms with Crippen LogP contribution in [0.4, 0.5) is 0 Å². The molecule has 1 aromatic carbocycles. The van der Waals surface area contributed by atoms with E-state index in [1.165, 1.54) is 0 Å². The summed E-state index contributed by atoms with van der Waals surface area (Å²) in [5.74, 6) is 0.393. The maximum atomic E-state index is 10.9. The van der Waals surface area contributed by atoms with Crippen LogP contribution in [0.5, 0.6) is 0 Å². The summed E-state index contributed by atoms with van der Waals surface area (Å²) in [6.07, 6.45) is 3.98. The molecular formula is C12H11BrClN3O. The highest BCUT2D eigenvalue weighted by Crippen LogP contribution is 2.21. The van der Waals surface area contributed by atoms with E-state index in [0.29, 0.717) is 11.4 Å². The van der Waals surface area contributed by atoms with E-state index in [1.54, 1.807) is 17.0 Å². The van der Waals surface area contributed by atoms with Crippen LogP contribution in [0, 0.1) is 0 Å². The average Bonchev–Trinajstić information content (AvgIpc) is 2.63. The van der Waals surface area contributed by atoms with Crippen LogP contribution in [0.2, 0.25) is 5.02 Å². The van der Waals surface area contributed by atoms with Crippen LogP contribution < -0.4 is 5.73 Å². The van der Waals surface area contributed by atoms with Crippen molar-refractivity contribution in [3.8, 4) is 0 Å². The summed E-state index contributed by atoms with van der Waals surface area (Å²) < 4.78 is 2.65. The molecule has 6 heteroatoms. The summed E-state index contributed by atoms with van der Waals surface area (Å²) in [5.41, 5.74) is 6.20. The molecule has 0 aliphatic rings. The van der Waals surface area contributed by atoms with Gasteiger partial charge in [0.1, 0.15) is 12.4 Å². The van der Waals surface area contributed by atoms with Crippen LogP contribution in [-0.4, -0.2) is 15.5 Å². The van der Waals surface area contributed by atoms with E-state index in [-0.39, 0.29) is 12.5 Å². The van der Waals surface area contributed by atoms with E-state index < -0.39 is 0 Å². The zero-order chi connectivity index (χ0) is 13.1. The summed E-state index contributed by atoms with van der Waals surface area (Å²) in [6.45, 7) is 0.136. The number of imidazole rings is 1. The van der Waals surface area contributed by atoms with Crippen LogP contribution in [0.3, 0.4) is 0 Å². The van der Waals surface area contributed by atoms with Gasteiger partial charge in [0.05, 0.1) is 0 Å². The van der Waals surface area contributed by atoms with Gasteiger partial charge in [-0.1, -0.05) is 27.5 Å². The number of nitrogens with zero attached hydrogens (tertiary/aromatic N) is 2. The van der Waals surface area contributed by atoms with E-state index >= 15 is 0 Å². The molecule has 1 heterocycles. The minimum Gasteiger partial charge on any atom is -0.368 e. The summed E-state index contributed by atoms with van der Waals surface area (Å²) in [5, 5.41) is 0.660. The van der Waals surface area contributed by atoms with Gasteiger partial charge in [-0.2, -0.15) is 0 Å². The molecule has 0 radical (unpaired) electrons. The van der Waals surface area contributed by atoms with Crippen molar-refractivity contribution in [3.63, 3.8) is 0 Å². The zero-order valence-corrected chi connectivity index (χ0v) is 11.8. The zero-order valence-electron chi connectivity index (χ0n) is 9.44. The van der Waals surface area contributed by atoms with Gasteiger partial charge in [0.15, 0.2) is 0 Å². The standard InChI is InChI=1S/C12H11BrClN3O/c13-9-3-8(4-10(14)6-9)5-12-16-1-2-17(12)7-11(15)18/h1-4,6H,5,7H2,(H2,15,18). The Morgan fingerprint density at radius 2 is 2.22 bits per heavy atom. The fourth-order valence-electron chi connectivity index (χ4n) is 1.71. The van der Waals surface area contributed by atoms with E-state index in [9.17, 15) is 4.79 Å². The van der Waals surface area contributed by atoms with Crippen molar-refractivity contribution in [2.75, 3.05) is 0 Å². The number of halogens is 2. The average molecular weight is 329 g/mol. The smallest absolute Gasteiger partial charge is 0.237 e. The molecule has 4 nitrogen and oxygen atoms in total. The highest BCUT2D eigenvalue weighted by Gasteiger charge is 2.07. The number of primary amides is 1. The number of carbonyl (C=O) groups is 1. The number of hydrogen-bond donors (Lipinski definition) is 1. The first-order valence-electron chi connectivity index (χ1n) is 5.28. The lowest BCUT2D eigenvalue weighted by atomic mass is 10.1. The lowest BCUT2D eigenvalue weighted by Crippen LogP contribution is -2.19. The van der Waals surface area contributed by atoms with Gasteiger partial charge in [-0.25, -0.2) is 4.98 Å². The third-order valence-corrected chi connectivity index (χ3v) is 3.09. The molecule has 0 saturated heterocycles. The number of hydrogen-bond acceptors (Lipinski definition) is 2.